The first-order valence-electron chi connectivity index (χ1n) is 8.08. The molecule has 0 aromatic heterocycles. The number of hydrogen-bond acceptors (Lipinski definition) is 3. The van der Waals surface area contributed by atoms with E-state index in [4.69, 9.17) is 16.7 Å². The Morgan fingerprint density at radius 2 is 1.91 bits per heavy atom. The average Bonchev–Trinajstić information content (AvgIpc) is 2.94. The van der Waals surface area contributed by atoms with Crippen molar-refractivity contribution in [3.05, 3.63) is 70.2 Å². The van der Waals surface area contributed by atoms with Crippen molar-refractivity contribution in [2.75, 3.05) is 13.2 Å². The van der Waals surface area contributed by atoms with Crippen molar-refractivity contribution in [1.29, 1.82) is 0 Å². The summed E-state index contributed by atoms with van der Waals surface area (Å²) in [5, 5.41) is 17.1. The first-order chi connectivity index (χ1) is 11.3. The number of aliphatic hydroxyl groups is 1. The van der Waals surface area contributed by atoms with Crippen molar-refractivity contribution in [2.24, 2.45) is 11.0 Å². The van der Waals surface area contributed by atoms with Gasteiger partial charge in [-0.2, -0.15) is 5.10 Å². The highest BCUT2D eigenvalue weighted by atomic mass is 35.5. The van der Waals surface area contributed by atoms with Crippen LogP contribution in [0.25, 0.3) is 0 Å². The van der Waals surface area contributed by atoms with Crippen molar-refractivity contribution in [2.45, 2.75) is 18.9 Å². The molecular formula is C19H19ClN2O. The van der Waals surface area contributed by atoms with Gasteiger partial charge in [-0.15, -0.1) is 0 Å². The summed E-state index contributed by atoms with van der Waals surface area (Å²) >= 11 is 6.46. The van der Waals surface area contributed by atoms with Crippen molar-refractivity contribution in [3.8, 4) is 0 Å². The van der Waals surface area contributed by atoms with Gasteiger partial charge in [0.15, 0.2) is 0 Å². The van der Waals surface area contributed by atoms with Crippen molar-refractivity contribution in [1.82, 2.24) is 5.01 Å². The number of nitrogens with zero attached hydrogens (tertiary/aromatic N) is 2. The molecule has 0 spiro atoms. The second-order valence-electron chi connectivity index (χ2n) is 6.14. The van der Waals surface area contributed by atoms with Gasteiger partial charge in [-0.25, -0.2) is 0 Å². The molecule has 0 saturated heterocycles. The molecule has 1 N–H and O–H groups in total. The number of hydrazone groups is 1. The molecule has 118 valence electrons. The highest BCUT2D eigenvalue weighted by molar-refractivity contribution is 6.31. The Kier molecular flexibility index (Phi) is 3.83. The molecule has 3 nitrogen and oxygen atoms in total. The van der Waals surface area contributed by atoms with Crippen LogP contribution in [0.3, 0.4) is 0 Å². The van der Waals surface area contributed by atoms with E-state index in [1.54, 1.807) is 0 Å². The van der Waals surface area contributed by atoms with Crippen LogP contribution < -0.4 is 0 Å². The molecule has 0 unspecified atom stereocenters. The van der Waals surface area contributed by atoms with Crippen LogP contribution in [-0.2, 0) is 6.42 Å². The number of rotatable bonds is 3. The third-order valence-corrected chi connectivity index (χ3v) is 5.20. The number of β-amino-alcohol motifs (C(OH)–C–C–N with tert-alkyl or cyclic N) is 1. The lowest BCUT2D eigenvalue weighted by Gasteiger charge is -2.30. The van der Waals surface area contributed by atoms with Crippen molar-refractivity contribution < 1.29 is 5.11 Å². The second-order valence-corrected chi connectivity index (χ2v) is 6.55. The molecule has 0 saturated carbocycles. The Morgan fingerprint density at radius 3 is 2.74 bits per heavy atom. The van der Waals surface area contributed by atoms with E-state index in [1.165, 1.54) is 11.1 Å². The SMILES string of the molecule is OCCN1N=C2c3ccccc3CC[C@H]2[C@@H]1c1ccccc1Cl. The Labute approximate surface area is 141 Å². The van der Waals surface area contributed by atoms with E-state index in [-0.39, 0.29) is 12.6 Å². The summed E-state index contributed by atoms with van der Waals surface area (Å²) in [6, 6.07) is 16.6. The van der Waals surface area contributed by atoms with E-state index in [0.29, 0.717) is 12.5 Å². The summed E-state index contributed by atoms with van der Waals surface area (Å²) in [5.74, 6) is 0.330. The number of benzene rings is 2. The summed E-state index contributed by atoms with van der Waals surface area (Å²) in [5.41, 5.74) is 4.86. The first-order valence-corrected chi connectivity index (χ1v) is 8.46. The maximum absolute atomic E-state index is 9.45. The fraction of sp³-hybridized carbons (Fsp3) is 0.316. The average molecular weight is 327 g/mol. The molecule has 1 heterocycles. The monoisotopic (exact) mass is 326 g/mol. The third kappa shape index (κ3) is 2.44. The predicted octanol–water partition coefficient (Wildman–Crippen LogP) is 3.66. The van der Waals surface area contributed by atoms with Gasteiger partial charge in [0.05, 0.1) is 24.9 Å². The van der Waals surface area contributed by atoms with Crippen LogP contribution in [0.2, 0.25) is 5.02 Å². The maximum atomic E-state index is 9.45. The second kappa shape index (κ2) is 5.99. The molecule has 0 amide bonds. The number of fused-ring (bicyclic) bond motifs is 3. The molecule has 4 rings (SSSR count). The lowest BCUT2D eigenvalue weighted by atomic mass is 9.77. The number of hydrogen-bond donors (Lipinski definition) is 1. The molecule has 23 heavy (non-hydrogen) atoms. The topological polar surface area (TPSA) is 35.8 Å². The third-order valence-electron chi connectivity index (χ3n) is 4.86. The van der Waals surface area contributed by atoms with Gasteiger partial charge in [-0.1, -0.05) is 54.1 Å². The van der Waals surface area contributed by atoms with Gasteiger partial charge in [0.1, 0.15) is 0 Å². The predicted molar refractivity (Wildman–Crippen MR) is 92.8 cm³/mol. The van der Waals surface area contributed by atoms with E-state index >= 15 is 0 Å². The fourth-order valence-electron chi connectivity index (χ4n) is 3.86. The summed E-state index contributed by atoms with van der Waals surface area (Å²) in [7, 11) is 0. The van der Waals surface area contributed by atoms with Crippen LogP contribution in [0.4, 0.5) is 0 Å². The van der Waals surface area contributed by atoms with Gasteiger partial charge in [-0.05, 0) is 30.0 Å². The van der Waals surface area contributed by atoms with Crippen molar-refractivity contribution in [3.63, 3.8) is 0 Å². The zero-order chi connectivity index (χ0) is 15.8. The molecule has 2 aliphatic rings. The van der Waals surface area contributed by atoms with Gasteiger partial charge in [0, 0.05) is 16.5 Å². The molecule has 2 atom stereocenters. The minimum atomic E-state index is 0.0894. The lowest BCUT2D eigenvalue weighted by molar-refractivity contribution is 0.152. The van der Waals surface area contributed by atoms with E-state index < -0.39 is 0 Å². The van der Waals surface area contributed by atoms with Gasteiger partial charge in [0.2, 0.25) is 0 Å². The minimum Gasteiger partial charge on any atom is -0.394 e. The van der Waals surface area contributed by atoms with Crippen LogP contribution in [0.5, 0.6) is 0 Å². The number of aryl methyl sites for hydroxylation is 1. The maximum Gasteiger partial charge on any atom is 0.0820 e. The van der Waals surface area contributed by atoms with E-state index in [0.717, 1.165) is 29.1 Å². The van der Waals surface area contributed by atoms with Crippen LogP contribution in [0.1, 0.15) is 29.2 Å². The summed E-state index contributed by atoms with van der Waals surface area (Å²) in [6.45, 7) is 0.615. The summed E-state index contributed by atoms with van der Waals surface area (Å²) < 4.78 is 0. The highest BCUT2D eigenvalue weighted by Gasteiger charge is 2.41. The molecule has 4 heteroatoms. The molecule has 1 aliphatic carbocycles. The molecule has 0 radical (unpaired) electrons. The van der Waals surface area contributed by atoms with Gasteiger partial charge >= 0.3 is 0 Å². The molecule has 2 aromatic carbocycles. The number of halogens is 1. The number of aliphatic hydroxyl groups excluding tert-OH is 1. The van der Waals surface area contributed by atoms with Crippen LogP contribution in [-0.4, -0.2) is 29.0 Å². The van der Waals surface area contributed by atoms with Gasteiger partial charge < -0.3 is 5.11 Å². The van der Waals surface area contributed by atoms with Crippen LogP contribution in [0.15, 0.2) is 53.6 Å². The molecular weight excluding hydrogens is 308 g/mol. The van der Waals surface area contributed by atoms with Gasteiger partial charge in [0.25, 0.3) is 0 Å². The largest absolute Gasteiger partial charge is 0.394 e. The zero-order valence-corrected chi connectivity index (χ0v) is 13.6. The quantitative estimate of drug-likeness (QED) is 0.934. The summed E-state index contributed by atoms with van der Waals surface area (Å²) in [4.78, 5) is 0. The summed E-state index contributed by atoms with van der Waals surface area (Å²) in [6.07, 6.45) is 2.13. The minimum absolute atomic E-state index is 0.0894. The zero-order valence-electron chi connectivity index (χ0n) is 12.8. The Hall–Kier alpha value is -1.84. The fourth-order valence-corrected chi connectivity index (χ4v) is 4.11. The standard InChI is InChI=1S/C19H19ClN2O/c20-17-8-4-3-7-15(17)19-16-10-9-13-5-1-2-6-14(13)18(16)21-22(19)11-12-23/h1-8,16,19,23H,9-12H2/t16-,19+/m1/s1. The highest BCUT2D eigenvalue weighted by Crippen LogP contribution is 2.44. The molecule has 2 aromatic rings. The lowest BCUT2D eigenvalue weighted by Crippen LogP contribution is -2.30. The smallest absolute Gasteiger partial charge is 0.0820 e. The van der Waals surface area contributed by atoms with E-state index in [1.807, 2.05) is 23.2 Å². The Morgan fingerprint density at radius 1 is 1.13 bits per heavy atom. The van der Waals surface area contributed by atoms with Crippen molar-refractivity contribution >= 4 is 17.3 Å². The van der Waals surface area contributed by atoms with Crippen LogP contribution >= 0.6 is 11.6 Å². The van der Waals surface area contributed by atoms with Gasteiger partial charge in [-0.3, -0.25) is 5.01 Å². The first kappa shape index (κ1) is 14.7. The Balaban J connectivity index is 1.79. The van der Waals surface area contributed by atoms with E-state index in [2.05, 4.69) is 30.3 Å². The van der Waals surface area contributed by atoms with Crippen LogP contribution in [0, 0.1) is 5.92 Å². The normalized spacial score (nSPS) is 22.5. The molecule has 1 aliphatic heterocycles. The van der Waals surface area contributed by atoms with E-state index in [9.17, 15) is 5.11 Å². The Bertz CT molecular complexity index is 759. The molecule has 0 bridgehead atoms. The molecule has 0 fully saturated rings.